The van der Waals surface area contributed by atoms with Gasteiger partial charge in [-0.05, 0) is 12.5 Å². The van der Waals surface area contributed by atoms with Gasteiger partial charge in [-0.25, -0.2) is 0 Å². The zero-order valence-corrected chi connectivity index (χ0v) is 12.2. The van der Waals surface area contributed by atoms with E-state index in [1.807, 2.05) is 6.92 Å². The van der Waals surface area contributed by atoms with Crippen molar-refractivity contribution in [1.29, 1.82) is 0 Å². The minimum atomic E-state index is 0.350. The van der Waals surface area contributed by atoms with Crippen molar-refractivity contribution in [2.45, 2.75) is 6.92 Å². The molecule has 0 atom stereocenters. The Hall–Kier alpha value is -0.890. The number of nitrogens with zero attached hydrogens (tertiary/aromatic N) is 3. The molecule has 0 bridgehead atoms. The van der Waals surface area contributed by atoms with Gasteiger partial charge in [0.15, 0.2) is 0 Å². The van der Waals surface area contributed by atoms with Gasteiger partial charge in [0.05, 0.1) is 59.5 Å². The average molecular weight is 291 g/mol. The molecule has 8 heteroatoms. The lowest BCUT2D eigenvalue weighted by Gasteiger charge is -2.07. The fourth-order valence-electron chi connectivity index (χ4n) is 1.17. The van der Waals surface area contributed by atoms with Gasteiger partial charge in [0.2, 0.25) is 0 Å². The van der Waals surface area contributed by atoms with Crippen LogP contribution in [0, 0.1) is 0 Å². The maximum absolute atomic E-state index is 8.03. The molecule has 0 radical (unpaired) electrons. The first-order chi connectivity index (χ1) is 9.91. The minimum absolute atomic E-state index is 0.350. The molecule has 0 aromatic heterocycles. The summed E-state index contributed by atoms with van der Waals surface area (Å²) in [5, 5.41) is 3.35. The van der Waals surface area contributed by atoms with Gasteiger partial charge in [-0.2, -0.15) is 0 Å². The molecule has 8 nitrogen and oxygen atoms in total. The first-order valence-corrected chi connectivity index (χ1v) is 6.81. The van der Waals surface area contributed by atoms with Gasteiger partial charge in [-0.3, -0.25) is 0 Å². The SMILES string of the molecule is CCOCCOCCOCCOCCOCCN=[N+]=[N-]. The second-order valence-corrected chi connectivity index (χ2v) is 3.60. The number of hydrogen-bond acceptors (Lipinski definition) is 6. The quantitative estimate of drug-likeness (QED) is 0.185. The summed E-state index contributed by atoms with van der Waals surface area (Å²) in [5.41, 5.74) is 8.03. The van der Waals surface area contributed by atoms with Crippen molar-refractivity contribution < 1.29 is 23.7 Å². The lowest BCUT2D eigenvalue weighted by atomic mass is 10.7. The predicted molar refractivity (Wildman–Crippen MR) is 73.8 cm³/mol. The Morgan fingerprint density at radius 2 is 1.10 bits per heavy atom. The smallest absolute Gasteiger partial charge is 0.0701 e. The van der Waals surface area contributed by atoms with E-state index in [-0.39, 0.29) is 0 Å². The van der Waals surface area contributed by atoms with Gasteiger partial charge >= 0.3 is 0 Å². The molecule has 0 unspecified atom stereocenters. The summed E-state index contributed by atoms with van der Waals surface area (Å²) in [6, 6.07) is 0. The maximum Gasteiger partial charge on any atom is 0.0701 e. The van der Waals surface area contributed by atoms with Crippen molar-refractivity contribution in [1.82, 2.24) is 0 Å². The van der Waals surface area contributed by atoms with Crippen molar-refractivity contribution >= 4 is 0 Å². The summed E-state index contributed by atoms with van der Waals surface area (Å²) >= 11 is 0. The third-order valence-corrected chi connectivity index (χ3v) is 2.09. The lowest BCUT2D eigenvalue weighted by Crippen LogP contribution is -2.13. The zero-order valence-electron chi connectivity index (χ0n) is 12.2. The van der Waals surface area contributed by atoms with Crippen molar-refractivity contribution in [2.75, 3.05) is 72.6 Å². The second-order valence-electron chi connectivity index (χ2n) is 3.60. The van der Waals surface area contributed by atoms with Gasteiger partial charge in [-0.1, -0.05) is 5.11 Å². The van der Waals surface area contributed by atoms with Crippen molar-refractivity contribution in [3.8, 4) is 0 Å². The molecular formula is C12H25N3O5. The second kappa shape index (κ2) is 18.1. The van der Waals surface area contributed by atoms with Crippen LogP contribution in [-0.4, -0.2) is 72.6 Å². The molecule has 0 spiro atoms. The van der Waals surface area contributed by atoms with Crippen molar-refractivity contribution in [3.05, 3.63) is 10.4 Å². The molecule has 0 saturated carbocycles. The van der Waals surface area contributed by atoms with E-state index in [9.17, 15) is 0 Å². The third-order valence-electron chi connectivity index (χ3n) is 2.09. The first-order valence-electron chi connectivity index (χ1n) is 6.81. The molecule has 0 heterocycles. The Labute approximate surface area is 119 Å². The van der Waals surface area contributed by atoms with Crippen LogP contribution in [0.1, 0.15) is 6.92 Å². The summed E-state index contributed by atoms with van der Waals surface area (Å²) in [5.74, 6) is 0. The molecule has 0 amide bonds. The molecule has 0 N–H and O–H groups in total. The molecule has 0 rings (SSSR count). The number of ether oxygens (including phenoxy) is 5. The fourth-order valence-corrected chi connectivity index (χ4v) is 1.17. The molecule has 0 saturated heterocycles. The topological polar surface area (TPSA) is 94.9 Å². The van der Waals surface area contributed by atoms with Crippen LogP contribution in [0.3, 0.4) is 0 Å². The molecule has 118 valence electrons. The van der Waals surface area contributed by atoms with E-state index >= 15 is 0 Å². The van der Waals surface area contributed by atoms with E-state index in [0.717, 1.165) is 0 Å². The van der Waals surface area contributed by atoms with Crippen LogP contribution in [-0.2, 0) is 23.7 Å². The molecular weight excluding hydrogens is 266 g/mol. The molecule has 20 heavy (non-hydrogen) atoms. The number of azide groups is 1. The predicted octanol–water partition coefficient (Wildman–Crippen LogP) is 1.40. The van der Waals surface area contributed by atoms with Crippen molar-refractivity contribution in [2.24, 2.45) is 5.11 Å². The molecule has 0 aliphatic carbocycles. The van der Waals surface area contributed by atoms with Crippen LogP contribution in [0.5, 0.6) is 0 Å². The van der Waals surface area contributed by atoms with Gasteiger partial charge in [-0.15, -0.1) is 0 Å². The Bertz CT molecular complexity index is 237. The monoisotopic (exact) mass is 291 g/mol. The normalized spacial score (nSPS) is 10.4. The van der Waals surface area contributed by atoms with Crippen LogP contribution in [0.15, 0.2) is 5.11 Å². The standard InChI is InChI=1S/C12H25N3O5/c1-2-16-5-6-18-9-10-20-12-11-19-8-7-17-4-3-14-15-13/h2-12H2,1H3. The molecule has 0 fully saturated rings. The molecule has 0 aromatic rings. The van der Waals surface area contributed by atoms with Gasteiger partial charge < -0.3 is 23.7 Å². The molecule has 0 aromatic carbocycles. The first kappa shape index (κ1) is 19.1. The highest BCUT2D eigenvalue weighted by molar-refractivity contribution is 4.44. The highest BCUT2D eigenvalue weighted by Crippen LogP contribution is 1.84. The van der Waals surface area contributed by atoms with E-state index in [4.69, 9.17) is 29.2 Å². The van der Waals surface area contributed by atoms with E-state index in [1.54, 1.807) is 0 Å². The summed E-state index contributed by atoms with van der Waals surface area (Å²) in [7, 11) is 0. The van der Waals surface area contributed by atoms with E-state index in [1.165, 1.54) is 0 Å². The van der Waals surface area contributed by atoms with Gasteiger partial charge in [0.25, 0.3) is 0 Å². The molecule has 0 aliphatic rings. The summed E-state index contributed by atoms with van der Waals surface area (Å²) < 4.78 is 26.2. The van der Waals surface area contributed by atoms with Crippen LogP contribution >= 0.6 is 0 Å². The average Bonchev–Trinajstić information content (AvgIpc) is 2.47. The number of hydrogen-bond donors (Lipinski definition) is 0. The Morgan fingerprint density at radius 1 is 0.700 bits per heavy atom. The Morgan fingerprint density at radius 3 is 1.50 bits per heavy atom. The van der Waals surface area contributed by atoms with Crippen LogP contribution < -0.4 is 0 Å². The van der Waals surface area contributed by atoms with E-state index < -0.39 is 0 Å². The van der Waals surface area contributed by atoms with E-state index in [0.29, 0.717) is 72.6 Å². The fraction of sp³-hybridized carbons (Fsp3) is 1.00. The summed E-state index contributed by atoms with van der Waals surface area (Å²) in [6.45, 7) is 7.83. The zero-order chi connectivity index (χ0) is 14.7. The largest absolute Gasteiger partial charge is 0.379 e. The lowest BCUT2D eigenvalue weighted by molar-refractivity contribution is -0.00966. The highest BCUT2D eigenvalue weighted by atomic mass is 16.6. The Balaban J connectivity index is 2.94. The summed E-state index contributed by atoms with van der Waals surface area (Å²) in [6.07, 6.45) is 0. The van der Waals surface area contributed by atoms with Crippen molar-refractivity contribution in [3.63, 3.8) is 0 Å². The highest BCUT2D eigenvalue weighted by Gasteiger charge is 1.92. The Kier molecular flexibility index (Phi) is 17.3. The molecule has 0 aliphatic heterocycles. The number of rotatable bonds is 16. The van der Waals surface area contributed by atoms with Crippen LogP contribution in [0.25, 0.3) is 10.4 Å². The summed E-state index contributed by atoms with van der Waals surface area (Å²) in [4.78, 5) is 2.62. The maximum atomic E-state index is 8.03. The third kappa shape index (κ3) is 17.1. The van der Waals surface area contributed by atoms with Crippen LogP contribution in [0.4, 0.5) is 0 Å². The van der Waals surface area contributed by atoms with Gasteiger partial charge in [0.1, 0.15) is 0 Å². The van der Waals surface area contributed by atoms with Crippen LogP contribution in [0.2, 0.25) is 0 Å². The van der Waals surface area contributed by atoms with Gasteiger partial charge in [0, 0.05) is 18.1 Å². The van der Waals surface area contributed by atoms with E-state index in [2.05, 4.69) is 10.0 Å². The minimum Gasteiger partial charge on any atom is -0.379 e.